The minimum Gasteiger partial charge on any atom is -0.493 e. The van der Waals surface area contributed by atoms with Crippen LogP contribution < -0.4 is 9.47 Å². The summed E-state index contributed by atoms with van der Waals surface area (Å²) in [6.07, 6.45) is -0.207. The van der Waals surface area contributed by atoms with E-state index in [2.05, 4.69) is 15.1 Å². The van der Waals surface area contributed by atoms with Gasteiger partial charge in [0.05, 0.1) is 12.8 Å². The lowest BCUT2D eigenvalue weighted by atomic mass is 9.93. The first kappa shape index (κ1) is 21.9. The van der Waals surface area contributed by atoms with E-state index >= 15 is 0 Å². The Bertz CT molecular complexity index is 1090. The summed E-state index contributed by atoms with van der Waals surface area (Å²) in [6, 6.07) is 8.55. The second-order valence-corrected chi connectivity index (χ2v) is 7.67. The number of methoxy groups -OCH3 is 1. The summed E-state index contributed by atoms with van der Waals surface area (Å²) < 4.78 is 39.4. The van der Waals surface area contributed by atoms with Crippen LogP contribution in [0.15, 0.2) is 36.7 Å². The summed E-state index contributed by atoms with van der Waals surface area (Å²) in [5, 5.41) is 3.83. The van der Waals surface area contributed by atoms with Crippen LogP contribution in [0.4, 0.5) is 8.78 Å². The number of ether oxygens (including phenoxy) is 2. The number of amides is 1. The lowest BCUT2D eigenvalue weighted by Crippen LogP contribution is -2.46. The molecule has 4 rings (SSSR count). The maximum absolute atomic E-state index is 13.5. The van der Waals surface area contributed by atoms with Gasteiger partial charge in [0, 0.05) is 19.0 Å². The molecule has 0 radical (unpaired) electrons. The summed E-state index contributed by atoms with van der Waals surface area (Å²) in [4.78, 5) is 23.4. The van der Waals surface area contributed by atoms with Crippen LogP contribution in [0.5, 0.6) is 11.5 Å². The number of rotatable bonds is 7. The molecule has 1 fully saturated rings. The van der Waals surface area contributed by atoms with Gasteiger partial charge in [-0.3, -0.25) is 4.79 Å². The van der Waals surface area contributed by atoms with Crippen molar-refractivity contribution in [3.8, 4) is 11.5 Å². The predicted octanol–water partition coefficient (Wildman–Crippen LogP) is 3.63. The van der Waals surface area contributed by atoms with Crippen LogP contribution in [0.1, 0.15) is 49.9 Å². The normalized spacial score (nSPS) is 17.5. The second-order valence-electron chi connectivity index (χ2n) is 7.67. The molecule has 1 amide bonds. The standard InChI is InChI=1S/C22H25F2N5O3/c1-3-17(32-19-9-5-4-8-18(19)31-2)21(30)28-10-6-7-14(12-28)15-11-16(20(23)24)29-22(27-15)25-13-26-29/h4-5,8-9,11,13-14,17,20H,3,6-7,10,12H2,1-2H3/t14-,17-/m1/s1. The highest BCUT2D eigenvalue weighted by Gasteiger charge is 2.32. The molecule has 0 saturated carbocycles. The molecule has 0 bridgehead atoms. The highest BCUT2D eigenvalue weighted by molar-refractivity contribution is 5.81. The number of fused-ring (bicyclic) bond motifs is 1. The smallest absolute Gasteiger partial charge is 0.280 e. The summed E-state index contributed by atoms with van der Waals surface area (Å²) in [6.45, 7) is 2.84. The fraction of sp³-hybridized carbons (Fsp3) is 0.455. The molecule has 1 aliphatic rings. The van der Waals surface area contributed by atoms with Gasteiger partial charge in [-0.15, -0.1) is 0 Å². The summed E-state index contributed by atoms with van der Waals surface area (Å²) >= 11 is 0. The van der Waals surface area contributed by atoms with Crippen LogP contribution in [0.2, 0.25) is 0 Å². The first-order valence-corrected chi connectivity index (χ1v) is 10.6. The molecular formula is C22H25F2N5O3. The van der Waals surface area contributed by atoms with Crippen molar-refractivity contribution in [2.75, 3.05) is 20.2 Å². The molecule has 10 heteroatoms. The number of alkyl halides is 2. The van der Waals surface area contributed by atoms with Gasteiger partial charge in [0.1, 0.15) is 12.0 Å². The quantitative estimate of drug-likeness (QED) is 0.552. The third-order valence-electron chi connectivity index (χ3n) is 5.66. The van der Waals surface area contributed by atoms with E-state index in [1.54, 1.807) is 24.1 Å². The van der Waals surface area contributed by atoms with Crippen molar-refractivity contribution < 1.29 is 23.0 Å². The maximum atomic E-state index is 13.5. The molecule has 3 heterocycles. The molecule has 3 aromatic rings. The van der Waals surface area contributed by atoms with Gasteiger partial charge in [-0.05, 0) is 37.5 Å². The number of aromatic nitrogens is 4. The fourth-order valence-electron chi connectivity index (χ4n) is 4.02. The van der Waals surface area contributed by atoms with Crippen molar-refractivity contribution in [1.29, 1.82) is 0 Å². The Balaban J connectivity index is 1.53. The Kier molecular flexibility index (Phi) is 6.48. The van der Waals surface area contributed by atoms with Crippen LogP contribution in [0.3, 0.4) is 0 Å². The number of benzene rings is 1. The Morgan fingerprint density at radius 2 is 2.06 bits per heavy atom. The first-order chi connectivity index (χ1) is 15.5. The van der Waals surface area contributed by atoms with Crippen molar-refractivity contribution in [3.05, 3.63) is 48.0 Å². The zero-order chi connectivity index (χ0) is 22.7. The number of hydrogen-bond acceptors (Lipinski definition) is 6. The number of nitrogens with zero attached hydrogens (tertiary/aromatic N) is 5. The Morgan fingerprint density at radius 3 is 2.78 bits per heavy atom. The molecule has 1 aliphatic heterocycles. The van der Waals surface area contributed by atoms with E-state index in [0.29, 0.717) is 36.7 Å². The molecule has 2 aromatic heterocycles. The number of halogens is 2. The van der Waals surface area contributed by atoms with E-state index in [0.717, 1.165) is 17.4 Å². The number of para-hydroxylation sites is 2. The lowest BCUT2D eigenvalue weighted by molar-refractivity contribution is -0.140. The molecule has 1 saturated heterocycles. The van der Waals surface area contributed by atoms with E-state index in [1.807, 2.05) is 19.1 Å². The van der Waals surface area contributed by atoms with Gasteiger partial charge in [0.2, 0.25) is 0 Å². The summed E-state index contributed by atoms with van der Waals surface area (Å²) in [5.74, 6) is 0.883. The molecular weight excluding hydrogens is 420 g/mol. The van der Waals surface area contributed by atoms with Crippen LogP contribution >= 0.6 is 0 Å². The maximum Gasteiger partial charge on any atom is 0.280 e. The van der Waals surface area contributed by atoms with Gasteiger partial charge < -0.3 is 14.4 Å². The van der Waals surface area contributed by atoms with Crippen molar-refractivity contribution in [2.45, 2.75) is 44.6 Å². The monoisotopic (exact) mass is 445 g/mol. The first-order valence-electron chi connectivity index (χ1n) is 10.6. The highest BCUT2D eigenvalue weighted by Crippen LogP contribution is 2.31. The van der Waals surface area contributed by atoms with Gasteiger partial charge in [0.25, 0.3) is 18.1 Å². The number of carbonyl (C=O) groups is 1. The number of piperidine rings is 1. The Hall–Kier alpha value is -3.30. The average Bonchev–Trinajstić information content (AvgIpc) is 3.30. The number of carbonyl (C=O) groups excluding carboxylic acids is 1. The van der Waals surface area contributed by atoms with E-state index < -0.39 is 12.5 Å². The van der Waals surface area contributed by atoms with E-state index in [4.69, 9.17) is 9.47 Å². The minimum atomic E-state index is -2.71. The molecule has 2 atom stereocenters. The summed E-state index contributed by atoms with van der Waals surface area (Å²) in [5.41, 5.74) is 0.244. The van der Waals surface area contributed by atoms with Crippen molar-refractivity contribution in [1.82, 2.24) is 24.5 Å². The molecule has 0 spiro atoms. The fourth-order valence-corrected chi connectivity index (χ4v) is 4.02. The van der Waals surface area contributed by atoms with E-state index in [1.165, 1.54) is 12.4 Å². The molecule has 1 aromatic carbocycles. The van der Waals surface area contributed by atoms with E-state index in [9.17, 15) is 13.6 Å². The van der Waals surface area contributed by atoms with Crippen LogP contribution in [0, 0.1) is 0 Å². The molecule has 0 N–H and O–H groups in total. The molecule has 8 nitrogen and oxygen atoms in total. The predicted molar refractivity (Wildman–Crippen MR) is 112 cm³/mol. The third kappa shape index (κ3) is 4.35. The van der Waals surface area contributed by atoms with Crippen LogP contribution in [-0.2, 0) is 4.79 Å². The zero-order valence-electron chi connectivity index (χ0n) is 17.9. The minimum absolute atomic E-state index is 0.132. The van der Waals surface area contributed by atoms with Gasteiger partial charge in [-0.1, -0.05) is 19.1 Å². The summed E-state index contributed by atoms with van der Waals surface area (Å²) in [7, 11) is 1.55. The van der Waals surface area contributed by atoms with Gasteiger partial charge in [-0.25, -0.2) is 13.8 Å². The van der Waals surface area contributed by atoms with Crippen molar-refractivity contribution >= 4 is 11.7 Å². The van der Waals surface area contributed by atoms with Gasteiger partial charge in [0.15, 0.2) is 17.6 Å². The van der Waals surface area contributed by atoms with Gasteiger partial charge in [-0.2, -0.15) is 14.6 Å². The van der Waals surface area contributed by atoms with Crippen molar-refractivity contribution in [2.24, 2.45) is 0 Å². The van der Waals surface area contributed by atoms with Gasteiger partial charge >= 0.3 is 0 Å². The largest absolute Gasteiger partial charge is 0.493 e. The Labute approximate surface area is 184 Å². The molecule has 170 valence electrons. The molecule has 32 heavy (non-hydrogen) atoms. The van der Waals surface area contributed by atoms with Crippen LogP contribution in [-0.4, -0.2) is 56.7 Å². The lowest BCUT2D eigenvalue weighted by Gasteiger charge is -2.34. The zero-order valence-corrected chi connectivity index (χ0v) is 17.9. The Morgan fingerprint density at radius 1 is 1.28 bits per heavy atom. The topological polar surface area (TPSA) is 81.9 Å². The van der Waals surface area contributed by atoms with Crippen LogP contribution in [0.25, 0.3) is 5.78 Å². The molecule has 0 unspecified atom stereocenters. The number of hydrogen-bond donors (Lipinski definition) is 0. The molecule has 0 aliphatic carbocycles. The number of likely N-dealkylation sites (tertiary alicyclic amines) is 1. The third-order valence-corrected chi connectivity index (χ3v) is 5.66. The second kappa shape index (κ2) is 9.46. The average molecular weight is 445 g/mol. The SMILES string of the molecule is CC[C@@H](Oc1ccccc1OC)C(=O)N1CCC[C@@H](c2cc(C(F)F)n3ncnc3n2)C1. The highest BCUT2D eigenvalue weighted by atomic mass is 19.3. The van der Waals surface area contributed by atoms with E-state index in [-0.39, 0.29) is 23.3 Å². The van der Waals surface area contributed by atoms with Crippen molar-refractivity contribution in [3.63, 3.8) is 0 Å².